The van der Waals surface area contributed by atoms with E-state index < -0.39 is 0 Å². The molecule has 0 saturated carbocycles. The largest absolute Gasteiger partial charge is 0.362 e. The number of hydrogen-bond acceptors (Lipinski definition) is 2. The highest BCUT2D eigenvalue weighted by atomic mass is 35.5. The first-order chi connectivity index (χ1) is 8.02. The van der Waals surface area contributed by atoms with Crippen LogP contribution in [-0.4, -0.2) is 21.4 Å². The normalized spacial score (nSPS) is 10.6. The summed E-state index contributed by atoms with van der Waals surface area (Å²) in [5.74, 6) is 0.567. The van der Waals surface area contributed by atoms with Gasteiger partial charge in [-0.15, -0.1) is 0 Å². The predicted molar refractivity (Wildman–Crippen MR) is 75.2 cm³/mol. The second kappa shape index (κ2) is 6.81. The monoisotopic (exact) mass is 274 g/mol. The predicted octanol–water partition coefficient (Wildman–Crippen LogP) is 2.18. The van der Waals surface area contributed by atoms with Gasteiger partial charge in [0.25, 0.3) is 0 Å². The molecule has 0 atom stereocenters. The Balaban J connectivity index is 2.39. The van der Waals surface area contributed by atoms with Crippen molar-refractivity contribution in [2.75, 3.05) is 6.54 Å². The molecule has 4 nitrogen and oxygen atoms in total. The zero-order valence-electron chi connectivity index (χ0n) is 10.5. The van der Waals surface area contributed by atoms with Crippen LogP contribution >= 0.6 is 23.8 Å². The van der Waals surface area contributed by atoms with Crippen molar-refractivity contribution < 1.29 is 0 Å². The highest BCUT2D eigenvalue weighted by Gasteiger charge is 2.06. The average molecular weight is 275 g/mol. The van der Waals surface area contributed by atoms with Crippen LogP contribution in [0, 0.1) is 5.92 Å². The fourth-order valence-corrected chi connectivity index (χ4v) is 1.61. The number of halogens is 1. The van der Waals surface area contributed by atoms with Crippen LogP contribution in [0.2, 0.25) is 5.02 Å². The third-order valence-corrected chi connectivity index (χ3v) is 2.80. The van der Waals surface area contributed by atoms with Crippen molar-refractivity contribution in [2.24, 2.45) is 5.92 Å². The topological polar surface area (TPSA) is 41.9 Å². The number of hydrogen-bond donors (Lipinski definition) is 2. The first-order valence-corrected chi connectivity index (χ1v) is 6.55. The van der Waals surface area contributed by atoms with Crippen LogP contribution in [0.3, 0.4) is 0 Å². The van der Waals surface area contributed by atoms with Crippen molar-refractivity contribution in [1.82, 2.24) is 20.4 Å². The van der Waals surface area contributed by atoms with Gasteiger partial charge in [0.15, 0.2) is 5.11 Å². The minimum absolute atomic E-state index is 0.551. The lowest BCUT2D eigenvalue weighted by molar-refractivity contribution is 0.615. The van der Waals surface area contributed by atoms with Gasteiger partial charge in [0.05, 0.1) is 11.6 Å². The van der Waals surface area contributed by atoms with Gasteiger partial charge in [-0.25, -0.2) is 0 Å². The third-order valence-electron chi connectivity index (χ3n) is 2.20. The van der Waals surface area contributed by atoms with E-state index in [2.05, 4.69) is 29.6 Å². The first-order valence-electron chi connectivity index (χ1n) is 5.76. The smallest absolute Gasteiger partial charge is 0.166 e. The first kappa shape index (κ1) is 14.3. The second-order valence-electron chi connectivity index (χ2n) is 4.24. The summed E-state index contributed by atoms with van der Waals surface area (Å²) in [5, 5.41) is 11.9. The number of aryl methyl sites for hydroxylation is 1. The zero-order valence-corrected chi connectivity index (χ0v) is 12.0. The maximum absolute atomic E-state index is 6.05. The molecule has 1 heterocycles. The van der Waals surface area contributed by atoms with Crippen LogP contribution in [0.4, 0.5) is 0 Å². The standard InChI is InChI=1S/C11H19ClN4S/c1-4-16-7-9(12)10(15-16)6-14-11(17)13-5-8(2)3/h7-8H,4-6H2,1-3H3,(H2,13,14,17). The number of rotatable bonds is 5. The van der Waals surface area contributed by atoms with Gasteiger partial charge in [-0.2, -0.15) is 5.10 Å². The number of nitrogens with one attached hydrogen (secondary N) is 2. The molecule has 96 valence electrons. The van der Waals surface area contributed by atoms with Gasteiger partial charge in [-0.3, -0.25) is 4.68 Å². The van der Waals surface area contributed by atoms with Crippen molar-refractivity contribution in [1.29, 1.82) is 0 Å². The van der Waals surface area contributed by atoms with E-state index in [9.17, 15) is 0 Å². The minimum Gasteiger partial charge on any atom is -0.362 e. The summed E-state index contributed by atoms with van der Waals surface area (Å²) in [4.78, 5) is 0. The molecule has 0 amide bonds. The second-order valence-corrected chi connectivity index (χ2v) is 5.05. The number of nitrogens with zero attached hydrogens (tertiary/aromatic N) is 2. The molecule has 0 unspecified atom stereocenters. The Bertz CT molecular complexity index is 376. The molecule has 0 aliphatic carbocycles. The Hall–Kier alpha value is -0.810. The van der Waals surface area contributed by atoms with E-state index in [-0.39, 0.29) is 0 Å². The quantitative estimate of drug-likeness (QED) is 0.808. The molecular weight excluding hydrogens is 256 g/mol. The molecule has 0 saturated heterocycles. The van der Waals surface area contributed by atoms with Gasteiger partial charge in [0.1, 0.15) is 5.69 Å². The summed E-state index contributed by atoms with van der Waals surface area (Å²) in [6.45, 7) is 8.52. The molecule has 0 fully saturated rings. The Labute approximate surface area is 113 Å². The molecule has 0 aliphatic rings. The van der Waals surface area contributed by atoms with Crippen LogP contribution in [-0.2, 0) is 13.1 Å². The summed E-state index contributed by atoms with van der Waals surface area (Å²) in [5.41, 5.74) is 0.821. The van der Waals surface area contributed by atoms with Gasteiger partial charge in [0.2, 0.25) is 0 Å². The van der Waals surface area contributed by atoms with Crippen molar-refractivity contribution in [2.45, 2.75) is 33.9 Å². The van der Waals surface area contributed by atoms with E-state index in [0.717, 1.165) is 18.8 Å². The van der Waals surface area contributed by atoms with Crippen molar-refractivity contribution >= 4 is 28.9 Å². The number of aromatic nitrogens is 2. The van der Waals surface area contributed by atoms with Crippen LogP contribution < -0.4 is 10.6 Å². The molecular formula is C11H19ClN4S. The molecule has 0 aromatic carbocycles. The zero-order chi connectivity index (χ0) is 12.8. The lowest BCUT2D eigenvalue weighted by Crippen LogP contribution is -2.36. The molecule has 0 radical (unpaired) electrons. The Kier molecular flexibility index (Phi) is 5.71. The van der Waals surface area contributed by atoms with Gasteiger partial charge >= 0.3 is 0 Å². The van der Waals surface area contributed by atoms with E-state index in [0.29, 0.717) is 22.6 Å². The highest BCUT2D eigenvalue weighted by Crippen LogP contribution is 2.13. The van der Waals surface area contributed by atoms with Crippen molar-refractivity contribution in [3.63, 3.8) is 0 Å². The van der Waals surface area contributed by atoms with Crippen LogP contribution in [0.25, 0.3) is 0 Å². The molecule has 2 N–H and O–H groups in total. The molecule has 1 rings (SSSR count). The van der Waals surface area contributed by atoms with Crippen LogP contribution in [0.15, 0.2) is 6.20 Å². The molecule has 0 spiro atoms. The van der Waals surface area contributed by atoms with Crippen LogP contribution in [0.1, 0.15) is 26.5 Å². The Morgan fingerprint density at radius 2 is 2.24 bits per heavy atom. The lowest BCUT2D eigenvalue weighted by atomic mass is 10.2. The fraction of sp³-hybridized carbons (Fsp3) is 0.636. The maximum Gasteiger partial charge on any atom is 0.166 e. The molecule has 0 bridgehead atoms. The van der Waals surface area contributed by atoms with E-state index in [1.807, 2.05) is 17.8 Å². The van der Waals surface area contributed by atoms with E-state index >= 15 is 0 Å². The van der Waals surface area contributed by atoms with Gasteiger partial charge in [0, 0.05) is 19.3 Å². The van der Waals surface area contributed by atoms with Gasteiger partial charge in [-0.1, -0.05) is 25.4 Å². The van der Waals surface area contributed by atoms with E-state index in [1.165, 1.54) is 0 Å². The fourth-order valence-electron chi connectivity index (χ4n) is 1.24. The van der Waals surface area contributed by atoms with E-state index in [4.69, 9.17) is 23.8 Å². The maximum atomic E-state index is 6.05. The highest BCUT2D eigenvalue weighted by molar-refractivity contribution is 7.80. The summed E-state index contributed by atoms with van der Waals surface area (Å²) in [7, 11) is 0. The summed E-state index contributed by atoms with van der Waals surface area (Å²) in [6, 6.07) is 0. The minimum atomic E-state index is 0.551. The van der Waals surface area contributed by atoms with Gasteiger partial charge in [-0.05, 0) is 25.1 Å². The molecule has 6 heteroatoms. The van der Waals surface area contributed by atoms with Crippen molar-refractivity contribution in [3.8, 4) is 0 Å². The summed E-state index contributed by atoms with van der Waals surface area (Å²) >= 11 is 11.2. The Morgan fingerprint density at radius 1 is 1.53 bits per heavy atom. The molecule has 0 aliphatic heterocycles. The third kappa shape index (κ3) is 4.91. The molecule has 1 aromatic heterocycles. The van der Waals surface area contributed by atoms with Gasteiger partial charge < -0.3 is 10.6 Å². The van der Waals surface area contributed by atoms with Crippen molar-refractivity contribution in [3.05, 3.63) is 16.9 Å². The average Bonchev–Trinajstić information content (AvgIpc) is 2.64. The van der Waals surface area contributed by atoms with E-state index in [1.54, 1.807) is 0 Å². The summed E-state index contributed by atoms with van der Waals surface area (Å²) in [6.07, 6.45) is 1.82. The SMILES string of the molecule is CCn1cc(Cl)c(CNC(=S)NCC(C)C)n1. The molecule has 17 heavy (non-hydrogen) atoms. The van der Waals surface area contributed by atoms with Crippen LogP contribution in [0.5, 0.6) is 0 Å². The summed E-state index contributed by atoms with van der Waals surface area (Å²) < 4.78 is 1.81. The Morgan fingerprint density at radius 3 is 2.76 bits per heavy atom. The lowest BCUT2D eigenvalue weighted by Gasteiger charge is -2.11. The molecule has 1 aromatic rings. The number of thiocarbonyl (C=S) groups is 1.